The molecule has 0 spiro atoms. The first-order valence-corrected chi connectivity index (χ1v) is 8.45. The summed E-state index contributed by atoms with van der Waals surface area (Å²) in [6, 6.07) is 8.56. The Hall–Kier alpha value is -2.74. The van der Waals surface area contributed by atoms with Gasteiger partial charge >= 0.3 is 0 Å². The average molecular weight is 353 g/mol. The van der Waals surface area contributed by atoms with Crippen LogP contribution in [0.5, 0.6) is 0 Å². The molecule has 0 aliphatic heterocycles. The lowest BCUT2D eigenvalue weighted by Crippen LogP contribution is -2.20. The molecule has 0 saturated carbocycles. The summed E-state index contributed by atoms with van der Waals surface area (Å²) in [4.78, 5) is 16.6. The number of nitrogens with one attached hydrogen (secondary N) is 1. The van der Waals surface area contributed by atoms with Crippen molar-refractivity contribution >= 4 is 11.6 Å². The van der Waals surface area contributed by atoms with E-state index in [0.29, 0.717) is 5.56 Å². The number of halogens is 1. The number of rotatable bonds is 3. The van der Waals surface area contributed by atoms with Crippen molar-refractivity contribution in [2.24, 2.45) is 0 Å². The van der Waals surface area contributed by atoms with Crippen molar-refractivity contribution in [2.45, 2.75) is 52.4 Å². The Morgan fingerprint density at radius 3 is 2.42 bits per heavy atom. The molecule has 0 fully saturated rings. The monoisotopic (exact) mass is 353 g/mol. The largest absolute Gasteiger partial charge is 0.318 e. The third-order valence-electron chi connectivity index (χ3n) is 4.36. The molecule has 1 N–H and O–H groups in total. The highest BCUT2D eigenvalue weighted by Gasteiger charge is 2.23. The van der Waals surface area contributed by atoms with Crippen LogP contribution in [0.4, 0.5) is 10.1 Å². The van der Waals surface area contributed by atoms with Gasteiger partial charge in [0.2, 0.25) is 0 Å². The second-order valence-corrected chi connectivity index (χ2v) is 8.02. The first kappa shape index (κ1) is 19.6. The van der Waals surface area contributed by atoms with Gasteiger partial charge in [-0.3, -0.25) is 9.78 Å². The van der Waals surface area contributed by atoms with E-state index in [4.69, 9.17) is 0 Å². The minimum Gasteiger partial charge on any atom is -0.318 e. The molecule has 26 heavy (non-hydrogen) atoms. The fraction of sp³-hybridized carbons (Fsp3) is 0.381. The van der Waals surface area contributed by atoms with E-state index in [9.17, 15) is 14.4 Å². The fourth-order valence-electron chi connectivity index (χ4n) is 2.77. The first-order valence-electron chi connectivity index (χ1n) is 8.45. The minimum absolute atomic E-state index is 0.122. The molecule has 2 aromatic rings. The van der Waals surface area contributed by atoms with E-state index in [1.54, 1.807) is 32.0 Å². The van der Waals surface area contributed by atoms with Gasteiger partial charge in [0.05, 0.1) is 17.2 Å². The molecule has 1 heterocycles. The quantitative estimate of drug-likeness (QED) is 0.855. The van der Waals surface area contributed by atoms with Gasteiger partial charge in [-0.05, 0) is 67.1 Å². The number of hydrogen-bond acceptors (Lipinski definition) is 3. The molecule has 5 heteroatoms. The number of aryl methyl sites for hydroxylation is 1. The lowest BCUT2D eigenvalue weighted by molar-refractivity contribution is 0.102. The highest BCUT2D eigenvalue weighted by atomic mass is 19.1. The predicted molar refractivity (Wildman–Crippen MR) is 101 cm³/mol. The second kappa shape index (κ2) is 6.87. The van der Waals surface area contributed by atoms with Crippen LogP contribution in [0.3, 0.4) is 0 Å². The van der Waals surface area contributed by atoms with Crippen LogP contribution < -0.4 is 5.32 Å². The molecule has 1 aromatic carbocycles. The molecule has 0 aliphatic rings. The smallest absolute Gasteiger partial charge is 0.274 e. The topological polar surface area (TPSA) is 65.8 Å². The number of carbonyl (C=O) groups excluding carboxylic acids is 1. The first-order chi connectivity index (χ1) is 12.0. The Morgan fingerprint density at radius 1 is 1.19 bits per heavy atom. The van der Waals surface area contributed by atoms with E-state index >= 15 is 0 Å². The fourth-order valence-corrected chi connectivity index (χ4v) is 2.77. The maximum Gasteiger partial charge on any atom is 0.274 e. The SMILES string of the molecule is Cc1cc(F)c(NC(=O)c2cc(C(C)(C)C#N)ccn2)cc1C(C)(C)C. The van der Waals surface area contributed by atoms with Gasteiger partial charge in [0.25, 0.3) is 5.91 Å². The third-order valence-corrected chi connectivity index (χ3v) is 4.36. The van der Waals surface area contributed by atoms with Crippen LogP contribution in [0.25, 0.3) is 0 Å². The van der Waals surface area contributed by atoms with E-state index in [1.807, 2.05) is 27.7 Å². The van der Waals surface area contributed by atoms with Crippen molar-refractivity contribution < 1.29 is 9.18 Å². The molecule has 136 valence electrons. The van der Waals surface area contributed by atoms with Gasteiger partial charge in [0.15, 0.2) is 0 Å². The summed E-state index contributed by atoms with van der Waals surface area (Å²) in [5.74, 6) is -0.999. The number of nitrogens with zero attached hydrogens (tertiary/aromatic N) is 2. The summed E-state index contributed by atoms with van der Waals surface area (Å²) in [7, 11) is 0. The van der Waals surface area contributed by atoms with Crippen LogP contribution >= 0.6 is 0 Å². The van der Waals surface area contributed by atoms with Gasteiger partial charge in [-0.1, -0.05) is 20.8 Å². The Labute approximate surface area is 154 Å². The van der Waals surface area contributed by atoms with Crippen molar-refractivity contribution in [3.8, 4) is 6.07 Å². The van der Waals surface area contributed by atoms with E-state index < -0.39 is 17.1 Å². The van der Waals surface area contributed by atoms with Crippen molar-refractivity contribution in [1.29, 1.82) is 5.26 Å². The zero-order valence-corrected chi connectivity index (χ0v) is 16.1. The van der Waals surface area contributed by atoms with Crippen LogP contribution in [0.15, 0.2) is 30.5 Å². The molecule has 0 aliphatic carbocycles. The summed E-state index contributed by atoms with van der Waals surface area (Å²) >= 11 is 0. The summed E-state index contributed by atoms with van der Waals surface area (Å²) in [5, 5.41) is 11.9. The number of aromatic nitrogens is 1. The van der Waals surface area contributed by atoms with Crippen LogP contribution in [-0.4, -0.2) is 10.9 Å². The maximum atomic E-state index is 14.3. The minimum atomic E-state index is -0.744. The van der Waals surface area contributed by atoms with E-state index in [-0.39, 0.29) is 16.8 Å². The van der Waals surface area contributed by atoms with Gasteiger partial charge in [0.1, 0.15) is 11.5 Å². The van der Waals surface area contributed by atoms with Gasteiger partial charge in [-0.2, -0.15) is 5.26 Å². The second-order valence-electron chi connectivity index (χ2n) is 8.02. The third kappa shape index (κ3) is 4.08. The number of pyridine rings is 1. The standard InChI is InChI=1S/C21H24FN3O/c1-13-9-16(22)17(11-15(13)20(2,3)4)25-19(26)18-10-14(7-8-24-18)21(5,6)12-23/h7-11H,1-6H3,(H,25,26). The number of amides is 1. The normalized spacial score (nSPS) is 11.8. The van der Waals surface area contributed by atoms with Crippen molar-refractivity contribution in [1.82, 2.24) is 4.98 Å². The molecule has 1 aromatic heterocycles. The Bertz CT molecular complexity index is 889. The Balaban J connectivity index is 2.37. The summed E-state index contributed by atoms with van der Waals surface area (Å²) in [6.45, 7) is 11.5. The molecular formula is C21H24FN3O. The van der Waals surface area contributed by atoms with Crippen molar-refractivity contribution in [3.63, 3.8) is 0 Å². The molecule has 0 atom stereocenters. The average Bonchev–Trinajstić information content (AvgIpc) is 2.56. The number of carbonyl (C=O) groups is 1. The maximum absolute atomic E-state index is 14.3. The van der Waals surface area contributed by atoms with E-state index in [0.717, 1.165) is 11.1 Å². The molecule has 1 amide bonds. The Kier molecular flexibility index (Phi) is 5.18. The molecule has 0 saturated heterocycles. The lowest BCUT2D eigenvalue weighted by atomic mass is 9.84. The summed E-state index contributed by atoms with van der Waals surface area (Å²) in [5.41, 5.74) is 1.82. The summed E-state index contributed by atoms with van der Waals surface area (Å²) in [6.07, 6.45) is 1.48. The molecule has 0 bridgehead atoms. The number of nitriles is 1. The highest BCUT2D eigenvalue weighted by molar-refractivity contribution is 6.03. The van der Waals surface area contributed by atoms with Crippen molar-refractivity contribution in [3.05, 3.63) is 58.7 Å². The Morgan fingerprint density at radius 2 is 1.85 bits per heavy atom. The van der Waals surface area contributed by atoms with Crippen LogP contribution in [0, 0.1) is 24.1 Å². The molecule has 0 unspecified atom stereocenters. The van der Waals surface area contributed by atoms with E-state index in [2.05, 4.69) is 16.4 Å². The van der Waals surface area contributed by atoms with Gasteiger partial charge < -0.3 is 5.32 Å². The number of benzene rings is 1. The lowest BCUT2D eigenvalue weighted by Gasteiger charge is -2.23. The van der Waals surface area contributed by atoms with Crippen molar-refractivity contribution in [2.75, 3.05) is 5.32 Å². The summed E-state index contributed by atoms with van der Waals surface area (Å²) < 4.78 is 14.3. The van der Waals surface area contributed by atoms with Crippen LogP contribution in [0.2, 0.25) is 0 Å². The molecule has 4 nitrogen and oxygen atoms in total. The van der Waals surface area contributed by atoms with E-state index in [1.165, 1.54) is 12.3 Å². The van der Waals surface area contributed by atoms with Gasteiger partial charge in [-0.25, -0.2) is 4.39 Å². The highest BCUT2D eigenvalue weighted by Crippen LogP contribution is 2.30. The number of anilines is 1. The van der Waals surface area contributed by atoms with Gasteiger partial charge in [-0.15, -0.1) is 0 Å². The van der Waals surface area contributed by atoms with Crippen LogP contribution in [0.1, 0.15) is 61.8 Å². The number of hydrogen-bond donors (Lipinski definition) is 1. The molecular weight excluding hydrogens is 329 g/mol. The molecule has 2 rings (SSSR count). The zero-order valence-electron chi connectivity index (χ0n) is 16.1. The molecule has 0 radical (unpaired) electrons. The predicted octanol–water partition coefficient (Wildman–Crippen LogP) is 4.88. The van der Waals surface area contributed by atoms with Gasteiger partial charge in [0, 0.05) is 6.20 Å². The van der Waals surface area contributed by atoms with Crippen LogP contribution in [-0.2, 0) is 10.8 Å². The zero-order chi connectivity index (χ0) is 19.7.